The second kappa shape index (κ2) is 6.21. The number of esters is 1. The number of anilines is 1. The molecular formula is C19H12ClF2NO3. The Hall–Kier alpha value is -2.73. The smallest absolute Gasteiger partial charge is 0.336 e. The number of carbonyl (C=O) groups is 2. The fourth-order valence-electron chi connectivity index (χ4n) is 3.40. The van der Waals surface area contributed by atoms with E-state index in [2.05, 4.69) is 0 Å². The summed E-state index contributed by atoms with van der Waals surface area (Å²) in [7, 11) is 0. The van der Waals surface area contributed by atoms with Crippen molar-refractivity contribution >= 4 is 29.2 Å². The first-order chi connectivity index (χ1) is 12.5. The molecule has 1 unspecified atom stereocenters. The molecule has 0 radical (unpaired) electrons. The van der Waals surface area contributed by atoms with Crippen LogP contribution in [0.3, 0.4) is 0 Å². The number of amides is 1. The van der Waals surface area contributed by atoms with Gasteiger partial charge in [0.25, 0.3) is 0 Å². The van der Waals surface area contributed by atoms with Crippen LogP contribution < -0.4 is 4.90 Å². The Morgan fingerprint density at radius 2 is 1.85 bits per heavy atom. The molecule has 0 fully saturated rings. The molecule has 4 nitrogen and oxygen atoms in total. The normalized spacial score (nSPS) is 19.7. The van der Waals surface area contributed by atoms with E-state index in [0.29, 0.717) is 11.4 Å². The van der Waals surface area contributed by atoms with E-state index in [1.54, 1.807) is 18.2 Å². The van der Waals surface area contributed by atoms with E-state index < -0.39 is 23.5 Å². The van der Waals surface area contributed by atoms with Crippen LogP contribution in [-0.2, 0) is 14.3 Å². The van der Waals surface area contributed by atoms with Crippen LogP contribution in [0.4, 0.5) is 14.5 Å². The van der Waals surface area contributed by atoms with Crippen LogP contribution in [0.25, 0.3) is 0 Å². The van der Waals surface area contributed by atoms with E-state index in [1.165, 1.54) is 23.1 Å². The quantitative estimate of drug-likeness (QED) is 0.747. The van der Waals surface area contributed by atoms with Gasteiger partial charge in [-0.25, -0.2) is 13.6 Å². The minimum atomic E-state index is -0.721. The number of nitrogens with zero attached hydrogens (tertiary/aromatic N) is 1. The molecule has 4 rings (SSSR count). The number of carbonyl (C=O) groups excluding carboxylic acids is 2. The number of halogens is 3. The molecule has 2 aliphatic heterocycles. The van der Waals surface area contributed by atoms with E-state index in [1.807, 2.05) is 0 Å². The summed E-state index contributed by atoms with van der Waals surface area (Å²) in [5.74, 6) is -2.76. The monoisotopic (exact) mass is 375 g/mol. The van der Waals surface area contributed by atoms with Crippen molar-refractivity contribution in [1.82, 2.24) is 0 Å². The largest absolute Gasteiger partial charge is 0.456 e. The summed E-state index contributed by atoms with van der Waals surface area (Å²) >= 11 is 5.82. The molecule has 0 bridgehead atoms. The molecule has 0 aromatic heterocycles. The second-order valence-electron chi connectivity index (χ2n) is 6.04. The lowest BCUT2D eigenvalue weighted by Crippen LogP contribution is -2.37. The van der Waals surface area contributed by atoms with Gasteiger partial charge in [0.05, 0.1) is 22.0 Å². The van der Waals surface area contributed by atoms with E-state index >= 15 is 0 Å². The Labute approximate surface area is 152 Å². The Bertz CT molecular complexity index is 973. The van der Waals surface area contributed by atoms with Crippen LogP contribution in [0.5, 0.6) is 0 Å². The van der Waals surface area contributed by atoms with Crippen molar-refractivity contribution in [3.8, 4) is 0 Å². The number of ether oxygens (including phenoxy) is 1. The van der Waals surface area contributed by atoms with Gasteiger partial charge in [0, 0.05) is 12.3 Å². The first kappa shape index (κ1) is 16.7. The average molecular weight is 376 g/mol. The van der Waals surface area contributed by atoms with Crippen LogP contribution in [0.15, 0.2) is 53.7 Å². The highest BCUT2D eigenvalue weighted by Gasteiger charge is 2.43. The summed E-state index contributed by atoms with van der Waals surface area (Å²) in [5, 5.41) is -0.140. The molecule has 2 aromatic rings. The summed E-state index contributed by atoms with van der Waals surface area (Å²) in [6, 6.07) is 9.88. The second-order valence-corrected chi connectivity index (χ2v) is 6.45. The summed E-state index contributed by atoms with van der Waals surface area (Å²) < 4.78 is 32.8. The van der Waals surface area contributed by atoms with Crippen molar-refractivity contribution in [2.75, 3.05) is 11.5 Å². The first-order valence-corrected chi connectivity index (χ1v) is 8.27. The average Bonchev–Trinajstić information content (AvgIpc) is 2.99. The highest BCUT2D eigenvalue weighted by molar-refractivity contribution is 6.31. The fourth-order valence-corrected chi connectivity index (χ4v) is 3.58. The molecule has 132 valence electrons. The van der Waals surface area contributed by atoms with Crippen LogP contribution in [-0.4, -0.2) is 18.5 Å². The van der Waals surface area contributed by atoms with Gasteiger partial charge < -0.3 is 4.74 Å². The maximum atomic E-state index is 14.2. The van der Waals surface area contributed by atoms with Gasteiger partial charge in [-0.15, -0.1) is 0 Å². The van der Waals surface area contributed by atoms with Gasteiger partial charge in [0.15, 0.2) is 0 Å². The molecule has 1 amide bonds. The SMILES string of the molecule is O=C1OCC2=C1C(c1ccccc1F)CC(=O)N2c1ccc(F)c(Cl)c1. The van der Waals surface area contributed by atoms with Crippen molar-refractivity contribution in [3.05, 3.63) is 76.0 Å². The lowest BCUT2D eigenvalue weighted by atomic mass is 9.84. The molecule has 2 heterocycles. The lowest BCUT2D eigenvalue weighted by Gasteiger charge is -2.32. The van der Waals surface area contributed by atoms with Crippen LogP contribution >= 0.6 is 11.6 Å². The molecular weight excluding hydrogens is 364 g/mol. The summed E-state index contributed by atoms with van der Waals surface area (Å²) in [5.41, 5.74) is 1.18. The third kappa shape index (κ3) is 2.57. The molecule has 0 saturated heterocycles. The van der Waals surface area contributed by atoms with Gasteiger partial charge in [0.1, 0.15) is 18.2 Å². The number of cyclic esters (lactones) is 1. The Morgan fingerprint density at radius 3 is 2.58 bits per heavy atom. The maximum Gasteiger partial charge on any atom is 0.336 e. The van der Waals surface area contributed by atoms with Gasteiger partial charge in [-0.3, -0.25) is 9.69 Å². The molecule has 0 aliphatic carbocycles. The van der Waals surface area contributed by atoms with Gasteiger partial charge in [-0.2, -0.15) is 0 Å². The third-order valence-corrected chi connectivity index (χ3v) is 4.85. The van der Waals surface area contributed by atoms with E-state index in [-0.39, 0.29) is 35.1 Å². The Balaban J connectivity index is 1.86. The molecule has 7 heteroatoms. The fraction of sp³-hybridized carbons (Fsp3) is 0.158. The minimum absolute atomic E-state index is 0.107. The van der Waals surface area contributed by atoms with Crippen LogP contribution in [0.1, 0.15) is 17.9 Å². The zero-order valence-corrected chi connectivity index (χ0v) is 14.1. The van der Waals surface area contributed by atoms with Crippen LogP contribution in [0.2, 0.25) is 5.02 Å². The van der Waals surface area contributed by atoms with Crippen LogP contribution in [0, 0.1) is 11.6 Å². The Kier molecular flexibility index (Phi) is 4.00. The lowest BCUT2D eigenvalue weighted by molar-refractivity contribution is -0.136. The van der Waals surface area contributed by atoms with Crippen molar-refractivity contribution in [2.45, 2.75) is 12.3 Å². The predicted octanol–water partition coefficient (Wildman–Crippen LogP) is 3.95. The van der Waals surface area contributed by atoms with Gasteiger partial charge >= 0.3 is 5.97 Å². The molecule has 1 atom stereocenters. The summed E-state index contributed by atoms with van der Waals surface area (Å²) in [6.45, 7) is -0.111. The highest BCUT2D eigenvalue weighted by atomic mass is 35.5. The van der Waals surface area contributed by atoms with Crippen molar-refractivity contribution in [2.24, 2.45) is 0 Å². The zero-order chi connectivity index (χ0) is 18.4. The van der Waals surface area contributed by atoms with Crippen molar-refractivity contribution < 1.29 is 23.1 Å². The minimum Gasteiger partial charge on any atom is -0.456 e. The summed E-state index contributed by atoms with van der Waals surface area (Å²) in [4.78, 5) is 26.4. The topological polar surface area (TPSA) is 46.6 Å². The molecule has 0 N–H and O–H groups in total. The van der Waals surface area contributed by atoms with E-state index in [0.717, 1.165) is 6.07 Å². The molecule has 0 spiro atoms. The maximum absolute atomic E-state index is 14.2. The van der Waals surface area contributed by atoms with E-state index in [9.17, 15) is 18.4 Å². The number of hydrogen-bond acceptors (Lipinski definition) is 3. The first-order valence-electron chi connectivity index (χ1n) is 7.90. The number of hydrogen-bond donors (Lipinski definition) is 0. The molecule has 26 heavy (non-hydrogen) atoms. The van der Waals surface area contributed by atoms with Crippen molar-refractivity contribution in [3.63, 3.8) is 0 Å². The Morgan fingerprint density at radius 1 is 1.08 bits per heavy atom. The van der Waals surface area contributed by atoms with Gasteiger partial charge in [-0.1, -0.05) is 29.8 Å². The molecule has 2 aliphatic rings. The predicted molar refractivity (Wildman–Crippen MR) is 90.6 cm³/mol. The zero-order valence-electron chi connectivity index (χ0n) is 13.3. The molecule has 0 saturated carbocycles. The standard InChI is InChI=1S/C19H12ClF2NO3/c20-13-7-10(5-6-15(13)22)23-16-9-26-19(25)18(16)12(8-17(23)24)11-3-1-2-4-14(11)21/h1-7,12H,8-9H2. The number of rotatable bonds is 2. The highest BCUT2D eigenvalue weighted by Crippen LogP contribution is 2.42. The van der Waals surface area contributed by atoms with Gasteiger partial charge in [-0.05, 0) is 29.8 Å². The van der Waals surface area contributed by atoms with E-state index in [4.69, 9.17) is 16.3 Å². The third-order valence-electron chi connectivity index (χ3n) is 4.56. The number of benzene rings is 2. The van der Waals surface area contributed by atoms with Crippen molar-refractivity contribution in [1.29, 1.82) is 0 Å². The summed E-state index contributed by atoms with van der Waals surface area (Å²) in [6.07, 6.45) is -0.107. The molecule has 2 aromatic carbocycles. The van der Waals surface area contributed by atoms with Gasteiger partial charge in [0.2, 0.25) is 5.91 Å².